The molecule has 1 atom stereocenters. The van der Waals surface area contributed by atoms with Gasteiger partial charge in [-0.15, -0.1) is 0 Å². The molecule has 0 aliphatic carbocycles. The fraction of sp³-hybridized carbons (Fsp3) is 0.500. The number of carbonyl (C=O) groups is 1. The zero-order valence-corrected chi connectivity index (χ0v) is 12.6. The maximum Gasteiger partial charge on any atom is 0.227 e. The lowest BCUT2D eigenvalue weighted by atomic mass is 10.0. The molecule has 1 unspecified atom stereocenters. The summed E-state index contributed by atoms with van der Waals surface area (Å²) in [5, 5.41) is 5.04. The molecular formula is C14H20N2O3S. The summed E-state index contributed by atoms with van der Waals surface area (Å²) < 4.78 is 22.2. The van der Waals surface area contributed by atoms with Crippen LogP contribution in [0, 0.1) is 5.92 Å². The van der Waals surface area contributed by atoms with Crippen molar-refractivity contribution < 1.29 is 13.2 Å². The van der Waals surface area contributed by atoms with Gasteiger partial charge in [0.2, 0.25) is 15.9 Å². The van der Waals surface area contributed by atoms with Gasteiger partial charge in [0.25, 0.3) is 0 Å². The van der Waals surface area contributed by atoms with E-state index in [1.807, 2.05) is 24.3 Å². The number of anilines is 1. The van der Waals surface area contributed by atoms with E-state index in [1.165, 1.54) is 5.56 Å². The summed E-state index contributed by atoms with van der Waals surface area (Å²) in [6.07, 6.45) is 0.238. The number of rotatable bonds is 4. The molecule has 0 spiro atoms. The average molecular weight is 296 g/mol. The Morgan fingerprint density at radius 2 is 1.90 bits per heavy atom. The van der Waals surface area contributed by atoms with Gasteiger partial charge in [0.05, 0.1) is 5.75 Å². The van der Waals surface area contributed by atoms with Crippen molar-refractivity contribution in [1.82, 2.24) is 0 Å². The van der Waals surface area contributed by atoms with Crippen LogP contribution < -0.4 is 10.0 Å². The van der Waals surface area contributed by atoms with Crippen molar-refractivity contribution in [2.75, 3.05) is 17.2 Å². The normalized spacial score (nSPS) is 19.9. The number of nitrogens with zero attached hydrogens (tertiary/aromatic N) is 1. The molecule has 0 radical (unpaired) electrons. The van der Waals surface area contributed by atoms with Crippen LogP contribution in [-0.2, 0) is 14.8 Å². The second-order valence-corrected chi connectivity index (χ2v) is 7.31. The molecule has 1 fully saturated rings. The Balaban J connectivity index is 2.11. The summed E-state index contributed by atoms with van der Waals surface area (Å²) in [4.78, 5) is 13.6. The Morgan fingerprint density at radius 3 is 2.40 bits per heavy atom. The van der Waals surface area contributed by atoms with Crippen LogP contribution in [0.5, 0.6) is 0 Å². The first-order valence-corrected chi connectivity index (χ1v) is 8.38. The molecule has 20 heavy (non-hydrogen) atoms. The molecular weight excluding hydrogens is 276 g/mol. The highest BCUT2D eigenvalue weighted by Gasteiger charge is 2.32. The first-order chi connectivity index (χ1) is 9.26. The molecule has 1 amide bonds. The predicted molar refractivity (Wildman–Crippen MR) is 79.0 cm³/mol. The highest BCUT2D eigenvalue weighted by atomic mass is 32.2. The lowest BCUT2D eigenvalue weighted by Crippen LogP contribution is -2.27. The van der Waals surface area contributed by atoms with E-state index in [1.54, 1.807) is 4.90 Å². The molecule has 2 N–H and O–H groups in total. The number of nitrogens with two attached hydrogens (primary N) is 1. The van der Waals surface area contributed by atoms with E-state index in [-0.39, 0.29) is 24.0 Å². The van der Waals surface area contributed by atoms with Crippen LogP contribution in [0.4, 0.5) is 5.69 Å². The van der Waals surface area contributed by atoms with E-state index in [9.17, 15) is 13.2 Å². The van der Waals surface area contributed by atoms with E-state index in [4.69, 9.17) is 5.14 Å². The fourth-order valence-corrected chi connectivity index (χ4v) is 3.39. The SMILES string of the molecule is CC(C)c1ccc(N2CC(CS(N)(=O)=O)CC2=O)cc1. The third-order valence-corrected chi connectivity index (χ3v) is 4.48. The van der Waals surface area contributed by atoms with Gasteiger partial charge in [-0.2, -0.15) is 0 Å². The van der Waals surface area contributed by atoms with E-state index in [0.717, 1.165) is 5.69 Å². The van der Waals surface area contributed by atoms with Crippen LogP contribution in [0.2, 0.25) is 0 Å². The Labute approximate surface area is 119 Å². The lowest BCUT2D eigenvalue weighted by molar-refractivity contribution is -0.117. The zero-order valence-electron chi connectivity index (χ0n) is 11.7. The average Bonchev–Trinajstić information content (AvgIpc) is 2.67. The molecule has 0 saturated carbocycles. The monoisotopic (exact) mass is 296 g/mol. The van der Waals surface area contributed by atoms with Crippen LogP contribution in [0.15, 0.2) is 24.3 Å². The number of benzene rings is 1. The summed E-state index contributed by atoms with van der Waals surface area (Å²) in [6.45, 7) is 4.63. The first-order valence-electron chi connectivity index (χ1n) is 6.67. The predicted octanol–water partition coefficient (Wildman–Crippen LogP) is 1.45. The maximum absolute atomic E-state index is 12.0. The largest absolute Gasteiger partial charge is 0.312 e. The zero-order chi connectivity index (χ0) is 14.9. The number of primary sulfonamides is 1. The third kappa shape index (κ3) is 3.58. The number of sulfonamides is 1. The molecule has 1 aliphatic rings. The molecule has 5 nitrogen and oxygen atoms in total. The molecule has 1 aromatic carbocycles. The van der Waals surface area contributed by atoms with Gasteiger partial charge in [-0.05, 0) is 23.6 Å². The summed E-state index contributed by atoms with van der Waals surface area (Å²) in [7, 11) is -3.53. The quantitative estimate of drug-likeness (QED) is 0.913. The molecule has 110 valence electrons. The van der Waals surface area contributed by atoms with Gasteiger partial charge < -0.3 is 4.90 Å². The molecule has 1 saturated heterocycles. The van der Waals surface area contributed by atoms with Crippen molar-refractivity contribution in [3.8, 4) is 0 Å². The Hall–Kier alpha value is -1.40. The highest BCUT2D eigenvalue weighted by Crippen LogP contribution is 2.27. The minimum atomic E-state index is -3.53. The van der Waals surface area contributed by atoms with Gasteiger partial charge in [-0.3, -0.25) is 4.79 Å². The fourth-order valence-electron chi connectivity index (χ4n) is 2.51. The highest BCUT2D eigenvalue weighted by molar-refractivity contribution is 7.89. The number of hydrogen-bond acceptors (Lipinski definition) is 3. The molecule has 1 aliphatic heterocycles. The molecule has 0 bridgehead atoms. The second-order valence-electron chi connectivity index (χ2n) is 5.65. The van der Waals surface area contributed by atoms with Gasteiger partial charge in [-0.1, -0.05) is 26.0 Å². The van der Waals surface area contributed by atoms with Gasteiger partial charge in [0, 0.05) is 24.6 Å². The van der Waals surface area contributed by atoms with E-state index < -0.39 is 10.0 Å². The number of amides is 1. The van der Waals surface area contributed by atoms with Crippen LogP contribution in [0.25, 0.3) is 0 Å². The molecule has 1 aromatic rings. The summed E-state index contributed by atoms with van der Waals surface area (Å²) in [5.74, 6) is 0.0333. The topological polar surface area (TPSA) is 80.5 Å². The van der Waals surface area contributed by atoms with Crippen molar-refractivity contribution >= 4 is 21.6 Å². The Morgan fingerprint density at radius 1 is 1.30 bits per heavy atom. The minimum Gasteiger partial charge on any atom is -0.312 e. The summed E-state index contributed by atoms with van der Waals surface area (Å²) in [6, 6.07) is 7.82. The standard InChI is InChI=1S/C14H20N2O3S/c1-10(2)12-3-5-13(6-4-12)16-8-11(7-14(16)17)9-20(15,18)19/h3-6,10-11H,7-9H2,1-2H3,(H2,15,18,19). The van der Waals surface area contributed by atoms with Crippen LogP contribution in [0.3, 0.4) is 0 Å². The van der Waals surface area contributed by atoms with Gasteiger partial charge in [0.15, 0.2) is 0 Å². The van der Waals surface area contributed by atoms with Crippen molar-refractivity contribution in [2.24, 2.45) is 11.1 Å². The number of hydrogen-bond donors (Lipinski definition) is 1. The van der Waals surface area contributed by atoms with Crippen molar-refractivity contribution in [2.45, 2.75) is 26.2 Å². The van der Waals surface area contributed by atoms with E-state index in [0.29, 0.717) is 12.5 Å². The molecule has 6 heteroatoms. The maximum atomic E-state index is 12.0. The van der Waals surface area contributed by atoms with E-state index >= 15 is 0 Å². The van der Waals surface area contributed by atoms with Crippen LogP contribution >= 0.6 is 0 Å². The second kappa shape index (κ2) is 5.54. The third-order valence-electron chi connectivity index (χ3n) is 3.54. The Kier molecular flexibility index (Phi) is 4.15. The molecule has 0 aromatic heterocycles. The first kappa shape index (κ1) is 15.0. The lowest BCUT2D eigenvalue weighted by Gasteiger charge is -2.17. The molecule has 1 heterocycles. The van der Waals surface area contributed by atoms with Crippen LogP contribution in [-0.4, -0.2) is 26.6 Å². The smallest absolute Gasteiger partial charge is 0.227 e. The van der Waals surface area contributed by atoms with Gasteiger partial charge in [0.1, 0.15) is 0 Å². The Bertz CT molecular complexity index is 593. The van der Waals surface area contributed by atoms with Crippen LogP contribution in [0.1, 0.15) is 31.7 Å². The minimum absolute atomic E-state index is 0.0454. The van der Waals surface area contributed by atoms with Gasteiger partial charge in [-0.25, -0.2) is 13.6 Å². The molecule has 2 rings (SSSR count). The summed E-state index contributed by atoms with van der Waals surface area (Å²) in [5.41, 5.74) is 2.03. The van der Waals surface area contributed by atoms with Crippen molar-refractivity contribution in [3.63, 3.8) is 0 Å². The summed E-state index contributed by atoms with van der Waals surface area (Å²) >= 11 is 0. The van der Waals surface area contributed by atoms with Crippen molar-refractivity contribution in [3.05, 3.63) is 29.8 Å². The van der Waals surface area contributed by atoms with Crippen molar-refractivity contribution in [1.29, 1.82) is 0 Å². The number of carbonyl (C=O) groups excluding carboxylic acids is 1. The van der Waals surface area contributed by atoms with Gasteiger partial charge >= 0.3 is 0 Å². The van der Waals surface area contributed by atoms with E-state index in [2.05, 4.69) is 13.8 Å².